The number of carbonyl (C=O) groups is 2. The molecule has 3 aromatic rings. The first-order valence-electron chi connectivity index (χ1n) is 10.0. The van der Waals surface area contributed by atoms with E-state index >= 15 is 0 Å². The molecule has 162 valence electrons. The molecule has 8 nitrogen and oxygen atoms in total. The van der Waals surface area contributed by atoms with Crippen LogP contribution in [0.15, 0.2) is 65.5 Å². The molecule has 31 heavy (non-hydrogen) atoms. The molecule has 1 fully saturated rings. The molecule has 1 aliphatic heterocycles. The molecule has 2 aromatic heterocycles. The van der Waals surface area contributed by atoms with Crippen LogP contribution in [0.1, 0.15) is 16.1 Å². The second-order valence-electron chi connectivity index (χ2n) is 7.30. The van der Waals surface area contributed by atoms with Gasteiger partial charge in [0.05, 0.1) is 25.5 Å². The monoisotopic (exact) mass is 426 g/mol. The lowest BCUT2D eigenvalue weighted by molar-refractivity contribution is -0.131. The van der Waals surface area contributed by atoms with Crippen molar-refractivity contribution in [3.8, 4) is 0 Å². The van der Waals surface area contributed by atoms with E-state index in [1.165, 1.54) is 17.2 Å². The van der Waals surface area contributed by atoms with E-state index in [4.69, 9.17) is 9.15 Å². The van der Waals surface area contributed by atoms with Gasteiger partial charge in [0.25, 0.3) is 5.91 Å². The molecule has 4 rings (SSSR count). The van der Waals surface area contributed by atoms with Crippen LogP contribution in [-0.4, -0.2) is 63.7 Å². The summed E-state index contributed by atoms with van der Waals surface area (Å²) in [6.07, 6.45) is 4.42. The number of halogens is 1. The highest BCUT2D eigenvalue weighted by Crippen LogP contribution is 2.16. The number of rotatable bonds is 7. The molecule has 9 heteroatoms. The maximum absolute atomic E-state index is 14.0. The van der Waals surface area contributed by atoms with Gasteiger partial charge in [-0.15, -0.1) is 0 Å². The van der Waals surface area contributed by atoms with Gasteiger partial charge in [-0.3, -0.25) is 14.3 Å². The summed E-state index contributed by atoms with van der Waals surface area (Å²) in [6, 6.07) is 11.4. The summed E-state index contributed by atoms with van der Waals surface area (Å²) in [5.74, 6) is -0.771. The number of hydrogen-bond acceptors (Lipinski definition) is 5. The minimum atomic E-state index is -0.484. The SMILES string of the molecule is O=C1CN(C(=O)c2ccco2)CC(OCc2ccccc2F)CN1CCn1cccn1. The van der Waals surface area contributed by atoms with E-state index in [1.54, 1.807) is 46.1 Å². The zero-order chi connectivity index (χ0) is 21.6. The van der Waals surface area contributed by atoms with Crippen molar-refractivity contribution in [3.05, 3.63) is 78.3 Å². The summed E-state index contributed by atoms with van der Waals surface area (Å²) in [5, 5.41) is 4.16. The van der Waals surface area contributed by atoms with E-state index < -0.39 is 6.10 Å². The third-order valence-electron chi connectivity index (χ3n) is 5.14. The van der Waals surface area contributed by atoms with Crippen LogP contribution >= 0.6 is 0 Å². The standard InChI is InChI=1S/C22H23FN4O4/c23-19-6-2-1-5-17(19)16-31-18-13-25(10-11-27-9-4-8-24-27)21(28)15-26(14-18)22(29)20-7-3-12-30-20/h1-9,12,18H,10-11,13-16H2. The largest absolute Gasteiger partial charge is 0.459 e. The minimum Gasteiger partial charge on any atom is -0.459 e. The van der Waals surface area contributed by atoms with Crippen LogP contribution in [0.4, 0.5) is 4.39 Å². The minimum absolute atomic E-state index is 0.0430. The van der Waals surface area contributed by atoms with Gasteiger partial charge in [0.15, 0.2) is 5.76 Å². The second-order valence-corrected chi connectivity index (χ2v) is 7.30. The fourth-order valence-corrected chi connectivity index (χ4v) is 3.49. The van der Waals surface area contributed by atoms with Gasteiger partial charge in [0.1, 0.15) is 12.4 Å². The van der Waals surface area contributed by atoms with Crippen LogP contribution < -0.4 is 0 Å². The van der Waals surface area contributed by atoms with Crippen molar-refractivity contribution >= 4 is 11.8 Å². The number of nitrogens with zero attached hydrogens (tertiary/aromatic N) is 4. The average molecular weight is 426 g/mol. The molecule has 1 saturated heterocycles. The van der Waals surface area contributed by atoms with Crippen molar-refractivity contribution in [3.63, 3.8) is 0 Å². The molecule has 0 spiro atoms. The first-order chi connectivity index (χ1) is 15.1. The van der Waals surface area contributed by atoms with Crippen LogP contribution in [0.25, 0.3) is 0 Å². The van der Waals surface area contributed by atoms with Crippen molar-refractivity contribution in [1.82, 2.24) is 19.6 Å². The molecule has 1 unspecified atom stereocenters. The molecule has 2 amide bonds. The number of carbonyl (C=O) groups excluding carboxylic acids is 2. The van der Waals surface area contributed by atoms with Crippen LogP contribution in [-0.2, 0) is 22.7 Å². The quantitative estimate of drug-likeness (QED) is 0.579. The van der Waals surface area contributed by atoms with Gasteiger partial charge in [-0.1, -0.05) is 18.2 Å². The summed E-state index contributed by atoms with van der Waals surface area (Å²) in [5.41, 5.74) is 0.421. The highest BCUT2D eigenvalue weighted by Gasteiger charge is 2.32. The first kappa shape index (κ1) is 20.8. The van der Waals surface area contributed by atoms with E-state index in [1.807, 2.05) is 12.3 Å². The van der Waals surface area contributed by atoms with Gasteiger partial charge in [0.2, 0.25) is 5.91 Å². The fourth-order valence-electron chi connectivity index (χ4n) is 3.49. The lowest BCUT2D eigenvalue weighted by atomic mass is 10.2. The van der Waals surface area contributed by atoms with Crippen LogP contribution in [0.3, 0.4) is 0 Å². The lowest BCUT2D eigenvalue weighted by Gasteiger charge is -2.24. The van der Waals surface area contributed by atoms with E-state index in [0.717, 1.165) is 0 Å². The average Bonchev–Trinajstić information content (AvgIpc) is 3.46. The number of aromatic nitrogens is 2. The maximum Gasteiger partial charge on any atom is 0.290 e. The van der Waals surface area contributed by atoms with Crippen molar-refractivity contribution in [2.45, 2.75) is 19.3 Å². The highest BCUT2D eigenvalue weighted by molar-refractivity contribution is 5.94. The Morgan fingerprint density at radius 1 is 1.16 bits per heavy atom. The normalized spacial score (nSPS) is 17.1. The molecular weight excluding hydrogens is 403 g/mol. The van der Waals surface area contributed by atoms with Crippen molar-refractivity contribution < 1.29 is 23.1 Å². The van der Waals surface area contributed by atoms with Gasteiger partial charge in [0, 0.05) is 37.6 Å². The van der Waals surface area contributed by atoms with Crippen molar-refractivity contribution in [1.29, 1.82) is 0 Å². The number of amides is 2. The molecule has 1 aliphatic rings. The van der Waals surface area contributed by atoms with Gasteiger partial charge >= 0.3 is 0 Å². The zero-order valence-electron chi connectivity index (χ0n) is 16.9. The molecule has 0 bridgehead atoms. The van der Waals surface area contributed by atoms with Gasteiger partial charge in [-0.25, -0.2) is 4.39 Å². The van der Waals surface area contributed by atoms with Crippen LogP contribution in [0.5, 0.6) is 0 Å². The predicted molar refractivity (Wildman–Crippen MR) is 108 cm³/mol. The van der Waals surface area contributed by atoms with Gasteiger partial charge in [-0.05, 0) is 24.3 Å². The van der Waals surface area contributed by atoms with Crippen molar-refractivity contribution in [2.24, 2.45) is 0 Å². The fraction of sp³-hybridized carbons (Fsp3) is 0.318. The number of ether oxygens (including phenoxy) is 1. The van der Waals surface area contributed by atoms with E-state index in [2.05, 4.69) is 5.10 Å². The molecule has 0 N–H and O–H groups in total. The maximum atomic E-state index is 14.0. The zero-order valence-corrected chi connectivity index (χ0v) is 16.9. The Hall–Kier alpha value is -3.46. The van der Waals surface area contributed by atoms with E-state index in [0.29, 0.717) is 18.7 Å². The lowest BCUT2D eigenvalue weighted by Crippen LogP contribution is -2.40. The molecule has 3 heterocycles. The van der Waals surface area contributed by atoms with Gasteiger partial charge < -0.3 is 19.0 Å². The Balaban J connectivity index is 1.49. The van der Waals surface area contributed by atoms with E-state index in [-0.39, 0.29) is 49.6 Å². The summed E-state index contributed by atoms with van der Waals surface area (Å²) in [6.45, 7) is 1.38. The molecule has 1 atom stereocenters. The van der Waals surface area contributed by atoms with E-state index in [9.17, 15) is 14.0 Å². The third kappa shape index (κ3) is 5.18. The summed E-state index contributed by atoms with van der Waals surface area (Å²) in [4.78, 5) is 28.8. The first-order valence-corrected chi connectivity index (χ1v) is 10.0. The Morgan fingerprint density at radius 2 is 2.03 bits per heavy atom. The van der Waals surface area contributed by atoms with Crippen molar-refractivity contribution in [2.75, 3.05) is 26.2 Å². The smallest absolute Gasteiger partial charge is 0.290 e. The molecule has 0 radical (unpaired) electrons. The summed E-state index contributed by atoms with van der Waals surface area (Å²) < 4.78 is 26.9. The Morgan fingerprint density at radius 3 is 2.77 bits per heavy atom. The Bertz CT molecular complexity index is 1010. The number of hydrogen-bond donors (Lipinski definition) is 0. The van der Waals surface area contributed by atoms with Crippen LogP contribution in [0, 0.1) is 5.82 Å². The van der Waals surface area contributed by atoms with Crippen LogP contribution in [0.2, 0.25) is 0 Å². The summed E-state index contributed by atoms with van der Waals surface area (Å²) >= 11 is 0. The Labute approximate surface area is 178 Å². The topological polar surface area (TPSA) is 80.8 Å². The van der Waals surface area contributed by atoms with Gasteiger partial charge in [-0.2, -0.15) is 5.10 Å². The molecule has 0 saturated carbocycles. The second kappa shape index (κ2) is 9.57. The third-order valence-corrected chi connectivity index (χ3v) is 5.14. The predicted octanol–water partition coefficient (Wildman–Crippen LogP) is 2.19. The molecule has 1 aromatic carbocycles. The molecular formula is C22H23FN4O4. The molecule has 0 aliphatic carbocycles. The Kier molecular flexibility index (Phi) is 6.42. The number of furan rings is 1. The number of benzene rings is 1. The summed E-state index contributed by atoms with van der Waals surface area (Å²) in [7, 11) is 0. The highest BCUT2D eigenvalue weighted by atomic mass is 19.1.